The highest BCUT2D eigenvalue weighted by atomic mass is 35.5. The molecule has 1 aliphatic carbocycles. The van der Waals surface area contributed by atoms with Gasteiger partial charge in [0.05, 0.1) is 17.0 Å². The zero-order valence-corrected chi connectivity index (χ0v) is 10.6. The van der Waals surface area contributed by atoms with Gasteiger partial charge in [-0.05, 0) is 25.0 Å². The average molecular weight is 268 g/mol. The van der Waals surface area contributed by atoms with Gasteiger partial charge in [-0.2, -0.15) is 0 Å². The summed E-state index contributed by atoms with van der Waals surface area (Å²) in [5, 5.41) is 9.11. The first-order valence-corrected chi connectivity index (χ1v) is 6.24. The molecule has 1 aromatic carbocycles. The van der Waals surface area contributed by atoms with E-state index in [0.29, 0.717) is 10.6 Å². The Bertz CT molecular complexity index is 471. The van der Waals surface area contributed by atoms with Crippen molar-refractivity contribution in [1.29, 1.82) is 0 Å². The Balaban J connectivity index is 2.13. The lowest BCUT2D eigenvalue weighted by Gasteiger charge is -2.22. The van der Waals surface area contributed by atoms with E-state index >= 15 is 0 Å². The minimum atomic E-state index is -0.896. The molecule has 0 aromatic heterocycles. The smallest absolute Gasteiger partial charge is 0.305 e. The summed E-state index contributed by atoms with van der Waals surface area (Å²) in [6, 6.07) is 7.02. The van der Waals surface area contributed by atoms with Gasteiger partial charge in [-0.3, -0.25) is 9.59 Å². The van der Waals surface area contributed by atoms with E-state index in [0.717, 1.165) is 12.8 Å². The number of carbonyl (C=O) groups excluding carboxylic acids is 1. The number of hydrogen-bond acceptors (Lipinski definition) is 2. The highest BCUT2D eigenvalue weighted by molar-refractivity contribution is 6.33. The summed E-state index contributed by atoms with van der Waals surface area (Å²) in [6.07, 6.45) is 1.85. The van der Waals surface area contributed by atoms with Gasteiger partial charge in [0, 0.05) is 12.6 Å². The highest BCUT2D eigenvalue weighted by Gasteiger charge is 2.33. The number of amides is 1. The van der Waals surface area contributed by atoms with Gasteiger partial charge in [-0.15, -0.1) is 0 Å². The fourth-order valence-corrected chi connectivity index (χ4v) is 2.06. The SMILES string of the molecule is O=C(O)CCN(C(=O)c1ccccc1Cl)C1CC1. The number of halogens is 1. The van der Waals surface area contributed by atoms with Crippen molar-refractivity contribution in [3.05, 3.63) is 34.9 Å². The first-order valence-electron chi connectivity index (χ1n) is 5.87. The lowest BCUT2D eigenvalue weighted by atomic mass is 10.2. The van der Waals surface area contributed by atoms with E-state index in [1.54, 1.807) is 29.2 Å². The van der Waals surface area contributed by atoms with Crippen LogP contribution in [0, 0.1) is 0 Å². The topological polar surface area (TPSA) is 57.6 Å². The van der Waals surface area contributed by atoms with Gasteiger partial charge in [0.2, 0.25) is 0 Å². The van der Waals surface area contributed by atoms with Crippen LogP contribution in [0.5, 0.6) is 0 Å². The molecule has 0 saturated heterocycles. The summed E-state index contributed by atoms with van der Waals surface area (Å²) < 4.78 is 0. The number of benzene rings is 1. The van der Waals surface area contributed by atoms with Crippen molar-refractivity contribution in [3.63, 3.8) is 0 Å². The Morgan fingerprint density at radius 1 is 1.33 bits per heavy atom. The van der Waals surface area contributed by atoms with Gasteiger partial charge in [0.15, 0.2) is 0 Å². The van der Waals surface area contributed by atoms with Gasteiger partial charge in [-0.1, -0.05) is 23.7 Å². The monoisotopic (exact) mass is 267 g/mol. The van der Waals surface area contributed by atoms with Crippen LogP contribution in [0.2, 0.25) is 5.02 Å². The first kappa shape index (κ1) is 12.9. The Morgan fingerprint density at radius 2 is 2.00 bits per heavy atom. The van der Waals surface area contributed by atoms with Gasteiger partial charge in [0.1, 0.15) is 0 Å². The molecule has 1 aliphatic rings. The van der Waals surface area contributed by atoms with Crippen molar-refractivity contribution < 1.29 is 14.7 Å². The Morgan fingerprint density at radius 3 is 2.56 bits per heavy atom. The summed E-state index contributed by atoms with van der Waals surface area (Å²) in [7, 11) is 0. The second-order valence-electron chi connectivity index (χ2n) is 4.35. The van der Waals surface area contributed by atoms with Gasteiger partial charge < -0.3 is 10.0 Å². The van der Waals surface area contributed by atoms with E-state index in [1.807, 2.05) is 0 Å². The van der Waals surface area contributed by atoms with E-state index in [2.05, 4.69) is 0 Å². The molecule has 1 fully saturated rings. The molecule has 0 spiro atoms. The van der Waals surface area contributed by atoms with Crippen LogP contribution in [0.3, 0.4) is 0 Å². The predicted octanol–water partition coefficient (Wildman–Crippen LogP) is 2.42. The van der Waals surface area contributed by atoms with Crippen LogP contribution in [0.15, 0.2) is 24.3 Å². The van der Waals surface area contributed by atoms with Crippen LogP contribution >= 0.6 is 11.6 Å². The first-order chi connectivity index (χ1) is 8.59. The third-order valence-corrected chi connectivity index (χ3v) is 3.25. The molecular weight excluding hydrogens is 254 g/mol. The number of nitrogens with zero attached hydrogens (tertiary/aromatic N) is 1. The molecule has 4 nitrogen and oxygen atoms in total. The van der Waals surface area contributed by atoms with E-state index in [4.69, 9.17) is 16.7 Å². The van der Waals surface area contributed by atoms with Gasteiger partial charge in [0.25, 0.3) is 5.91 Å². The molecule has 1 aromatic rings. The molecule has 0 bridgehead atoms. The van der Waals surface area contributed by atoms with Crippen molar-refractivity contribution in [2.24, 2.45) is 0 Å². The second kappa shape index (κ2) is 5.40. The molecule has 0 heterocycles. The Hall–Kier alpha value is -1.55. The van der Waals surface area contributed by atoms with E-state index < -0.39 is 5.97 Å². The van der Waals surface area contributed by atoms with Crippen molar-refractivity contribution in [2.75, 3.05) is 6.54 Å². The number of carboxylic acids is 1. The summed E-state index contributed by atoms with van der Waals surface area (Å²) in [5.74, 6) is -1.07. The summed E-state index contributed by atoms with van der Waals surface area (Å²) in [4.78, 5) is 24.5. The molecule has 0 unspecified atom stereocenters. The number of carbonyl (C=O) groups is 2. The third kappa shape index (κ3) is 3.01. The van der Waals surface area contributed by atoms with E-state index in [-0.39, 0.29) is 24.9 Å². The maximum Gasteiger partial charge on any atom is 0.305 e. The fraction of sp³-hybridized carbons (Fsp3) is 0.385. The van der Waals surface area contributed by atoms with Gasteiger partial charge in [-0.25, -0.2) is 0 Å². The maximum atomic E-state index is 12.3. The summed E-state index contributed by atoms with van der Waals surface area (Å²) in [5.41, 5.74) is 0.441. The quantitative estimate of drug-likeness (QED) is 0.891. The predicted molar refractivity (Wildman–Crippen MR) is 67.8 cm³/mol. The molecule has 0 aliphatic heterocycles. The van der Waals surface area contributed by atoms with E-state index in [1.165, 1.54) is 0 Å². The minimum Gasteiger partial charge on any atom is -0.481 e. The third-order valence-electron chi connectivity index (χ3n) is 2.92. The molecule has 2 rings (SSSR count). The molecule has 1 N–H and O–H groups in total. The molecule has 1 amide bonds. The van der Waals surface area contributed by atoms with Gasteiger partial charge >= 0.3 is 5.97 Å². The number of carboxylic acid groups (broad SMARTS) is 1. The van der Waals surface area contributed by atoms with Crippen LogP contribution in [0.25, 0.3) is 0 Å². The normalized spacial score (nSPS) is 14.3. The van der Waals surface area contributed by atoms with Crippen LogP contribution in [0.4, 0.5) is 0 Å². The molecular formula is C13H14ClNO3. The lowest BCUT2D eigenvalue weighted by Crippen LogP contribution is -2.35. The largest absolute Gasteiger partial charge is 0.481 e. The number of aliphatic carboxylic acids is 1. The zero-order chi connectivity index (χ0) is 13.1. The molecule has 0 radical (unpaired) electrons. The maximum absolute atomic E-state index is 12.3. The zero-order valence-electron chi connectivity index (χ0n) is 9.80. The standard InChI is InChI=1S/C13H14ClNO3/c14-11-4-2-1-3-10(11)13(18)15(9-5-6-9)8-7-12(16)17/h1-4,9H,5-8H2,(H,16,17). The average Bonchev–Trinajstić information content (AvgIpc) is 3.13. The fourth-order valence-electron chi connectivity index (χ4n) is 1.84. The number of rotatable bonds is 5. The number of hydrogen-bond donors (Lipinski definition) is 1. The van der Waals surface area contributed by atoms with Crippen molar-refractivity contribution in [2.45, 2.75) is 25.3 Å². The lowest BCUT2D eigenvalue weighted by molar-refractivity contribution is -0.137. The molecule has 1 saturated carbocycles. The Labute approximate surface area is 110 Å². The van der Waals surface area contributed by atoms with Crippen LogP contribution in [-0.4, -0.2) is 34.5 Å². The van der Waals surface area contributed by atoms with Crippen LogP contribution in [0.1, 0.15) is 29.6 Å². The van der Waals surface area contributed by atoms with Crippen LogP contribution in [-0.2, 0) is 4.79 Å². The van der Waals surface area contributed by atoms with Crippen molar-refractivity contribution in [1.82, 2.24) is 4.90 Å². The highest BCUT2D eigenvalue weighted by Crippen LogP contribution is 2.29. The molecule has 5 heteroatoms. The summed E-state index contributed by atoms with van der Waals surface area (Å²) >= 11 is 5.99. The van der Waals surface area contributed by atoms with Crippen LogP contribution < -0.4 is 0 Å². The van der Waals surface area contributed by atoms with E-state index in [9.17, 15) is 9.59 Å². The minimum absolute atomic E-state index is 0.0350. The molecule has 96 valence electrons. The molecule has 0 atom stereocenters. The Kier molecular flexibility index (Phi) is 3.87. The second-order valence-corrected chi connectivity index (χ2v) is 4.76. The van der Waals surface area contributed by atoms with Crippen molar-refractivity contribution in [3.8, 4) is 0 Å². The van der Waals surface area contributed by atoms with Crippen molar-refractivity contribution >= 4 is 23.5 Å². The molecule has 18 heavy (non-hydrogen) atoms. The summed E-state index contributed by atoms with van der Waals surface area (Å²) in [6.45, 7) is 0.240.